The molecule has 0 bridgehead atoms. The lowest BCUT2D eigenvalue weighted by atomic mass is 10.2. The van der Waals surface area contributed by atoms with Gasteiger partial charge in [-0.05, 0) is 24.1 Å². The Labute approximate surface area is 151 Å². The molecule has 2 aromatic rings. The van der Waals surface area contributed by atoms with Gasteiger partial charge in [-0.1, -0.05) is 29.8 Å². The van der Waals surface area contributed by atoms with Crippen LogP contribution in [0.2, 0.25) is 5.02 Å². The maximum Gasteiger partial charge on any atom is 0.272 e. The first-order valence-electron chi connectivity index (χ1n) is 8.09. The molecule has 130 valence electrons. The number of aromatic nitrogens is 2. The third-order valence-electron chi connectivity index (χ3n) is 4.01. The highest BCUT2D eigenvalue weighted by molar-refractivity contribution is 6.30. The lowest BCUT2D eigenvalue weighted by molar-refractivity contribution is 0.0745. The number of carbonyl (C=O) groups is 2. The molecule has 0 fully saturated rings. The molecule has 0 radical (unpaired) electrons. The molecule has 7 heteroatoms. The predicted molar refractivity (Wildman–Crippen MR) is 95.6 cm³/mol. The summed E-state index contributed by atoms with van der Waals surface area (Å²) < 4.78 is 1.62. The van der Waals surface area contributed by atoms with Crippen LogP contribution in [0.1, 0.15) is 33.0 Å². The maximum atomic E-state index is 12.8. The zero-order chi connectivity index (χ0) is 17.8. The van der Waals surface area contributed by atoms with Gasteiger partial charge in [-0.2, -0.15) is 5.10 Å². The predicted octanol–water partition coefficient (Wildman–Crippen LogP) is 2.50. The van der Waals surface area contributed by atoms with E-state index in [1.54, 1.807) is 21.7 Å². The largest absolute Gasteiger partial charge is 0.347 e. The summed E-state index contributed by atoms with van der Waals surface area (Å²) in [5, 5.41) is 7.61. The van der Waals surface area contributed by atoms with Crippen LogP contribution in [-0.4, -0.2) is 39.6 Å². The van der Waals surface area contributed by atoms with Gasteiger partial charge in [-0.25, -0.2) is 0 Å². The number of rotatable bonds is 5. The second kappa shape index (κ2) is 7.53. The van der Waals surface area contributed by atoms with E-state index in [2.05, 4.69) is 17.0 Å². The van der Waals surface area contributed by atoms with Crippen LogP contribution in [0.25, 0.3) is 0 Å². The molecule has 0 atom stereocenters. The Kier molecular flexibility index (Phi) is 5.19. The summed E-state index contributed by atoms with van der Waals surface area (Å²) >= 11 is 5.91. The van der Waals surface area contributed by atoms with Crippen molar-refractivity contribution in [1.82, 2.24) is 20.0 Å². The summed E-state index contributed by atoms with van der Waals surface area (Å²) in [6, 6.07) is 9.00. The van der Waals surface area contributed by atoms with Crippen LogP contribution in [0, 0.1) is 0 Å². The second-order valence-electron chi connectivity index (χ2n) is 5.84. The fourth-order valence-electron chi connectivity index (χ4n) is 2.76. The molecule has 0 saturated heterocycles. The summed E-state index contributed by atoms with van der Waals surface area (Å²) in [6.45, 7) is 5.67. The van der Waals surface area contributed by atoms with Crippen molar-refractivity contribution in [2.24, 2.45) is 0 Å². The zero-order valence-corrected chi connectivity index (χ0v) is 14.5. The number of fused-ring (bicyclic) bond motifs is 1. The zero-order valence-electron chi connectivity index (χ0n) is 13.7. The van der Waals surface area contributed by atoms with Crippen LogP contribution in [-0.2, 0) is 13.1 Å². The summed E-state index contributed by atoms with van der Waals surface area (Å²) in [4.78, 5) is 26.7. The first kappa shape index (κ1) is 17.2. The van der Waals surface area contributed by atoms with Gasteiger partial charge in [-0.15, -0.1) is 6.58 Å². The van der Waals surface area contributed by atoms with Gasteiger partial charge in [-0.3, -0.25) is 14.3 Å². The minimum Gasteiger partial charge on any atom is -0.347 e. The van der Waals surface area contributed by atoms with Crippen molar-refractivity contribution in [3.8, 4) is 0 Å². The van der Waals surface area contributed by atoms with Gasteiger partial charge in [0.1, 0.15) is 5.69 Å². The molecule has 0 saturated carbocycles. The van der Waals surface area contributed by atoms with Crippen LogP contribution in [0.4, 0.5) is 0 Å². The molecule has 1 aliphatic heterocycles. The van der Waals surface area contributed by atoms with Crippen molar-refractivity contribution in [3.05, 3.63) is 65.0 Å². The van der Waals surface area contributed by atoms with E-state index in [9.17, 15) is 9.59 Å². The fraction of sp³-hybridized carbons (Fsp3) is 0.278. The average Bonchev–Trinajstić information content (AvgIpc) is 2.98. The Bertz CT molecular complexity index is 798. The third-order valence-corrected chi connectivity index (χ3v) is 4.26. The van der Waals surface area contributed by atoms with Crippen LogP contribution in [0.5, 0.6) is 0 Å². The summed E-state index contributed by atoms with van der Waals surface area (Å²) in [5.74, 6) is -0.430. The topological polar surface area (TPSA) is 67.2 Å². The number of amides is 2. The molecule has 1 aliphatic rings. The molecule has 3 rings (SSSR count). The third kappa shape index (κ3) is 3.91. The van der Waals surface area contributed by atoms with Crippen molar-refractivity contribution in [1.29, 1.82) is 0 Å². The van der Waals surface area contributed by atoms with Gasteiger partial charge in [0.15, 0.2) is 5.69 Å². The van der Waals surface area contributed by atoms with E-state index in [-0.39, 0.29) is 17.5 Å². The molecule has 6 nitrogen and oxygen atoms in total. The Morgan fingerprint density at radius 3 is 2.80 bits per heavy atom. The number of carbonyl (C=O) groups excluding carboxylic acids is 2. The van der Waals surface area contributed by atoms with Gasteiger partial charge in [0.25, 0.3) is 11.8 Å². The van der Waals surface area contributed by atoms with E-state index in [1.165, 1.54) is 0 Å². The molecule has 25 heavy (non-hydrogen) atoms. The van der Waals surface area contributed by atoms with Crippen LogP contribution in [0.15, 0.2) is 43.0 Å². The molecule has 0 aliphatic carbocycles. The van der Waals surface area contributed by atoms with E-state index in [4.69, 9.17) is 11.6 Å². The molecular weight excluding hydrogens is 340 g/mol. The lowest BCUT2D eigenvalue weighted by Gasteiger charge is -2.20. The van der Waals surface area contributed by atoms with Gasteiger partial charge < -0.3 is 10.2 Å². The number of nitrogens with one attached hydrogen (secondary N) is 1. The normalized spacial score (nSPS) is 14.0. The van der Waals surface area contributed by atoms with Gasteiger partial charge >= 0.3 is 0 Å². The van der Waals surface area contributed by atoms with E-state index in [0.717, 1.165) is 12.0 Å². The second-order valence-corrected chi connectivity index (χ2v) is 6.28. The highest BCUT2D eigenvalue weighted by atomic mass is 35.5. The molecule has 1 aromatic carbocycles. The first-order chi connectivity index (χ1) is 12.1. The number of hydrogen-bond acceptors (Lipinski definition) is 3. The van der Waals surface area contributed by atoms with E-state index in [1.807, 2.05) is 24.3 Å². The highest BCUT2D eigenvalue weighted by Gasteiger charge is 2.26. The quantitative estimate of drug-likeness (QED) is 0.835. The molecule has 1 aromatic heterocycles. The van der Waals surface area contributed by atoms with E-state index in [0.29, 0.717) is 36.9 Å². The number of benzene rings is 1. The van der Waals surface area contributed by atoms with Crippen LogP contribution in [0.3, 0.4) is 0 Å². The van der Waals surface area contributed by atoms with Crippen LogP contribution < -0.4 is 5.32 Å². The Balaban J connectivity index is 1.79. The van der Waals surface area contributed by atoms with Crippen molar-refractivity contribution >= 4 is 23.4 Å². The molecular formula is C18H19ClN4O2. The Hall–Kier alpha value is -2.60. The molecule has 2 amide bonds. The Morgan fingerprint density at radius 1 is 1.32 bits per heavy atom. The van der Waals surface area contributed by atoms with E-state index >= 15 is 0 Å². The summed E-state index contributed by atoms with van der Waals surface area (Å²) in [7, 11) is 0. The van der Waals surface area contributed by atoms with Crippen molar-refractivity contribution in [3.63, 3.8) is 0 Å². The number of hydrogen-bond donors (Lipinski definition) is 1. The van der Waals surface area contributed by atoms with Gasteiger partial charge in [0.05, 0.1) is 0 Å². The number of halogens is 1. The van der Waals surface area contributed by atoms with Crippen LogP contribution >= 0.6 is 11.6 Å². The first-order valence-corrected chi connectivity index (χ1v) is 8.47. The molecule has 1 N–H and O–H groups in total. The molecule has 0 unspecified atom stereocenters. The average molecular weight is 359 g/mol. The van der Waals surface area contributed by atoms with Crippen molar-refractivity contribution in [2.45, 2.75) is 19.5 Å². The smallest absolute Gasteiger partial charge is 0.272 e. The van der Waals surface area contributed by atoms with Crippen molar-refractivity contribution < 1.29 is 9.59 Å². The molecule has 0 spiro atoms. The summed E-state index contributed by atoms with van der Waals surface area (Å²) in [6.07, 6.45) is 2.37. The summed E-state index contributed by atoms with van der Waals surface area (Å²) in [5.41, 5.74) is 1.70. The van der Waals surface area contributed by atoms with Gasteiger partial charge in [0, 0.05) is 37.3 Å². The monoisotopic (exact) mass is 358 g/mol. The minimum atomic E-state index is -0.308. The fourth-order valence-corrected chi connectivity index (χ4v) is 2.89. The number of nitrogens with zero attached hydrogens (tertiary/aromatic N) is 3. The standard InChI is InChI=1S/C18H19ClN4O2/c1-2-8-20-17(24)15-11-16-18(25)22(9-3-10-23(16)21-15)12-13-4-6-14(19)7-5-13/h2,4-7,11H,1,3,8-10,12H2,(H,20,24). The molecule has 2 heterocycles. The minimum absolute atomic E-state index is 0.122. The maximum absolute atomic E-state index is 12.8. The van der Waals surface area contributed by atoms with E-state index < -0.39 is 0 Å². The lowest BCUT2D eigenvalue weighted by Crippen LogP contribution is -2.30. The SMILES string of the molecule is C=CCNC(=O)c1cc2n(n1)CCCN(Cc1ccc(Cl)cc1)C2=O. The van der Waals surface area contributed by atoms with Crippen molar-refractivity contribution in [2.75, 3.05) is 13.1 Å². The van der Waals surface area contributed by atoms with Gasteiger partial charge in [0.2, 0.25) is 0 Å². The highest BCUT2D eigenvalue weighted by Crippen LogP contribution is 2.18. The Morgan fingerprint density at radius 2 is 2.08 bits per heavy atom. The number of aryl methyl sites for hydroxylation is 1.